The van der Waals surface area contributed by atoms with E-state index in [1.807, 2.05) is 0 Å². The summed E-state index contributed by atoms with van der Waals surface area (Å²) in [5.41, 5.74) is 6.51. The van der Waals surface area contributed by atoms with E-state index in [9.17, 15) is 0 Å². The minimum Gasteiger partial charge on any atom is -0.329 e. The number of likely N-dealkylation sites (N-methyl/N-ethyl adjacent to an activating group) is 2. The number of nitrogens with zero attached hydrogens (tertiary/aromatic N) is 2. The number of nitrogens with two attached hydrogens (primary N) is 1. The van der Waals surface area contributed by atoms with E-state index in [1.165, 1.54) is 45.2 Å². The van der Waals surface area contributed by atoms with Crippen molar-refractivity contribution in [3.63, 3.8) is 0 Å². The number of likely N-dealkylation sites (tertiary alicyclic amines) is 1. The summed E-state index contributed by atoms with van der Waals surface area (Å²) in [6.07, 6.45) is 6.63. The molecule has 1 saturated carbocycles. The van der Waals surface area contributed by atoms with E-state index in [4.69, 9.17) is 5.73 Å². The topological polar surface area (TPSA) is 32.5 Å². The molecule has 1 heterocycles. The van der Waals surface area contributed by atoms with E-state index in [0.717, 1.165) is 18.4 Å². The smallest absolute Gasteiger partial charge is 0.0357 e. The number of rotatable bonds is 3. The first-order valence-corrected chi connectivity index (χ1v) is 8.11. The quantitative estimate of drug-likeness (QED) is 0.850. The van der Waals surface area contributed by atoms with E-state index in [2.05, 4.69) is 37.7 Å². The van der Waals surface area contributed by atoms with Crippen LogP contribution in [0.2, 0.25) is 0 Å². The lowest BCUT2D eigenvalue weighted by Gasteiger charge is -2.54. The van der Waals surface area contributed by atoms with Gasteiger partial charge in [0.1, 0.15) is 0 Å². The van der Waals surface area contributed by atoms with Gasteiger partial charge in [0, 0.05) is 24.7 Å². The maximum Gasteiger partial charge on any atom is 0.0357 e. The van der Waals surface area contributed by atoms with E-state index >= 15 is 0 Å². The second-order valence-electron chi connectivity index (χ2n) is 7.26. The van der Waals surface area contributed by atoms with Gasteiger partial charge in [-0.3, -0.25) is 4.90 Å². The molecule has 1 saturated heterocycles. The van der Waals surface area contributed by atoms with Crippen molar-refractivity contribution in [3.05, 3.63) is 0 Å². The highest BCUT2D eigenvalue weighted by Crippen LogP contribution is 2.41. The monoisotopic (exact) mass is 267 g/mol. The first kappa shape index (κ1) is 15.3. The van der Waals surface area contributed by atoms with Crippen LogP contribution in [0, 0.1) is 11.8 Å². The summed E-state index contributed by atoms with van der Waals surface area (Å²) < 4.78 is 0. The molecule has 1 aliphatic carbocycles. The molecule has 2 fully saturated rings. The molecule has 1 aliphatic heterocycles. The first-order chi connectivity index (χ1) is 8.99. The zero-order chi connectivity index (χ0) is 14.0. The molecular formula is C16H33N3. The molecule has 0 radical (unpaired) electrons. The van der Waals surface area contributed by atoms with Gasteiger partial charge in [0.2, 0.25) is 0 Å². The van der Waals surface area contributed by atoms with Crippen LogP contribution in [0.4, 0.5) is 0 Å². The molecule has 0 amide bonds. The number of hydrogen-bond donors (Lipinski definition) is 1. The summed E-state index contributed by atoms with van der Waals surface area (Å²) in [7, 11) is 4.59. The Morgan fingerprint density at radius 2 is 2.05 bits per heavy atom. The number of hydrogen-bond acceptors (Lipinski definition) is 3. The van der Waals surface area contributed by atoms with Gasteiger partial charge in [-0.25, -0.2) is 0 Å². The predicted molar refractivity (Wildman–Crippen MR) is 82.2 cm³/mol. The van der Waals surface area contributed by atoms with Gasteiger partial charge in [0.15, 0.2) is 0 Å². The standard InChI is InChI=1S/C16H33N3/c1-13-7-8-16(12-17,14(2)10-13)19(4)15-6-5-9-18(3)11-15/h13-15H,5-12,17H2,1-4H3. The van der Waals surface area contributed by atoms with Crippen LogP contribution in [0.1, 0.15) is 46.0 Å². The third kappa shape index (κ3) is 2.98. The molecule has 112 valence electrons. The summed E-state index contributed by atoms with van der Waals surface area (Å²) >= 11 is 0. The van der Waals surface area contributed by atoms with E-state index < -0.39 is 0 Å². The fraction of sp³-hybridized carbons (Fsp3) is 1.00. The molecule has 2 N–H and O–H groups in total. The van der Waals surface area contributed by atoms with Gasteiger partial charge >= 0.3 is 0 Å². The van der Waals surface area contributed by atoms with E-state index in [1.54, 1.807) is 0 Å². The second-order valence-corrected chi connectivity index (χ2v) is 7.26. The molecule has 19 heavy (non-hydrogen) atoms. The molecule has 4 atom stereocenters. The van der Waals surface area contributed by atoms with Crippen molar-refractivity contribution in [3.8, 4) is 0 Å². The Labute approximate surface area is 119 Å². The van der Waals surface area contributed by atoms with Crippen LogP contribution in [-0.2, 0) is 0 Å². The summed E-state index contributed by atoms with van der Waals surface area (Å²) in [5, 5.41) is 0. The maximum absolute atomic E-state index is 6.26. The highest BCUT2D eigenvalue weighted by molar-refractivity contribution is 5.01. The highest BCUT2D eigenvalue weighted by atomic mass is 15.3. The molecule has 0 spiro atoms. The average molecular weight is 267 g/mol. The molecular weight excluding hydrogens is 234 g/mol. The van der Waals surface area contributed by atoms with Gasteiger partial charge in [0.25, 0.3) is 0 Å². The Morgan fingerprint density at radius 3 is 2.63 bits per heavy atom. The van der Waals surface area contributed by atoms with Crippen molar-refractivity contribution in [2.75, 3.05) is 33.7 Å². The van der Waals surface area contributed by atoms with Crippen molar-refractivity contribution in [2.45, 2.75) is 57.5 Å². The van der Waals surface area contributed by atoms with Gasteiger partial charge in [0.05, 0.1) is 0 Å². The Kier molecular flexibility index (Phi) is 4.91. The Hall–Kier alpha value is -0.120. The third-order valence-electron chi connectivity index (χ3n) is 5.95. The summed E-state index contributed by atoms with van der Waals surface area (Å²) in [4.78, 5) is 5.14. The Balaban J connectivity index is 2.11. The SMILES string of the molecule is CC1CCC(CN)(N(C)C2CCCN(C)C2)C(C)C1. The molecule has 0 aromatic rings. The molecule has 0 aromatic heterocycles. The first-order valence-electron chi connectivity index (χ1n) is 8.11. The lowest BCUT2D eigenvalue weighted by molar-refractivity contribution is -0.0277. The van der Waals surface area contributed by atoms with Crippen LogP contribution >= 0.6 is 0 Å². The molecule has 3 nitrogen and oxygen atoms in total. The zero-order valence-electron chi connectivity index (χ0n) is 13.4. The van der Waals surface area contributed by atoms with E-state index in [-0.39, 0.29) is 5.54 Å². The maximum atomic E-state index is 6.26. The zero-order valence-corrected chi connectivity index (χ0v) is 13.4. The molecule has 0 aromatic carbocycles. The molecule has 2 rings (SSSR count). The summed E-state index contributed by atoms with van der Waals surface area (Å²) in [6.45, 7) is 8.10. The molecule has 3 heteroatoms. The van der Waals surface area contributed by atoms with Gasteiger partial charge in [-0.15, -0.1) is 0 Å². The van der Waals surface area contributed by atoms with Crippen LogP contribution in [-0.4, -0.2) is 55.1 Å². The normalized spacial score (nSPS) is 41.7. The lowest BCUT2D eigenvalue weighted by Crippen LogP contribution is -2.63. The summed E-state index contributed by atoms with van der Waals surface area (Å²) in [6, 6.07) is 0.693. The van der Waals surface area contributed by atoms with Crippen LogP contribution in [0.25, 0.3) is 0 Å². The van der Waals surface area contributed by atoms with Gasteiger partial charge in [-0.2, -0.15) is 0 Å². The van der Waals surface area contributed by atoms with Crippen LogP contribution in [0.15, 0.2) is 0 Å². The van der Waals surface area contributed by atoms with Gasteiger partial charge < -0.3 is 10.6 Å². The fourth-order valence-corrected chi connectivity index (χ4v) is 4.47. The van der Waals surface area contributed by atoms with Crippen molar-refractivity contribution < 1.29 is 0 Å². The van der Waals surface area contributed by atoms with Gasteiger partial charge in [-0.1, -0.05) is 13.8 Å². The fourth-order valence-electron chi connectivity index (χ4n) is 4.47. The van der Waals surface area contributed by atoms with Crippen molar-refractivity contribution in [1.82, 2.24) is 9.80 Å². The summed E-state index contributed by atoms with van der Waals surface area (Å²) in [5.74, 6) is 1.59. The third-order valence-corrected chi connectivity index (χ3v) is 5.95. The van der Waals surface area contributed by atoms with Crippen molar-refractivity contribution in [1.29, 1.82) is 0 Å². The van der Waals surface area contributed by atoms with Crippen LogP contribution in [0.5, 0.6) is 0 Å². The van der Waals surface area contributed by atoms with Gasteiger partial charge in [-0.05, 0) is 64.6 Å². The number of piperidine rings is 1. The molecule has 4 unspecified atom stereocenters. The Morgan fingerprint density at radius 1 is 1.32 bits per heavy atom. The lowest BCUT2D eigenvalue weighted by atomic mass is 9.68. The largest absolute Gasteiger partial charge is 0.329 e. The average Bonchev–Trinajstić information content (AvgIpc) is 2.39. The van der Waals surface area contributed by atoms with Crippen molar-refractivity contribution in [2.24, 2.45) is 17.6 Å². The second kappa shape index (κ2) is 6.11. The predicted octanol–water partition coefficient (Wildman–Crippen LogP) is 2.17. The van der Waals surface area contributed by atoms with Crippen molar-refractivity contribution >= 4 is 0 Å². The van der Waals surface area contributed by atoms with Crippen LogP contribution < -0.4 is 5.73 Å². The van der Waals surface area contributed by atoms with Crippen LogP contribution in [0.3, 0.4) is 0 Å². The molecule has 0 bridgehead atoms. The molecule has 2 aliphatic rings. The minimum absolute atomic E-state index is 0.245. The minimum atomic E-state index is 0.245. The highest BCUT2D eigenvalue weighted by Gasteiger charge is 2.44. The Bertz CT molecular complexity index is 294. The van der Waals surface area contributed by atoms with E-state index in [0.29, 0.717) is 6.04 Å².